The molecule has 1 aliphatic carbocycles. The van der Waals surface area contributed by atoms with Gasteiger partial charge in [-0.3, -0.25) is 0 Å². The fraction of sp³-hybridized carbons (Fsp3) is 0.233. The van der Waals surface area contributed by atoms with Crippen molar-refractivity contribution >= 4 is 117 Å². The van der Waals surface area contributed by atoms with Gasteiger partial charge in [0.2, 0.25) is 66.3 Å². The van der Waals surface area contributed by atoms with Crippen LogP contribution in [0.1, 0.15) is 44.2 Å². The van der Waals surface area contributed by atoms with Crippen molar-refractivity contribution in [2.75, 3.05) is 162 Å². The average Bonchev–Trinajstić information content (AvgIpc) is 1.66. The second kappa shape index (κ2) is 42.3. The van der Waals surface area contributed by atoms with Gasteiger partial charge in [-0.1, -0.05) is 42.5 Å². The zero-order valence-corrected chi connectivity index (χ0v) is 72.9. The summed E-state index contributed by atoms with van der Waals surface area (Å²) in [5, 5.41) is 43.0. The highest BCUT2D eigenvalue weighted by Crippen LogP contribution is 2.37. The number of aryl methyl sites for hydroxylation is 1. The van der Waals surface area contributed by atoms with E-state index in [2.05, 4.69) is 171 Å². The fourth-order valence-electron chi connectivity index (χ4n) is 14.3. The molecule has 0 amide bonds. The Kier molecular flexibility index (Phi) is 28.4. The predicted octanol–water partition coefficient (Wildman–Crippen LogP) is 10.5. The van der Waals surface area contributed by atoms with Crippen LogP contribution in [0.3, 0.4) is 0 Å². The van der Waals surface area contributed by atoms with Gasteiger partial charge in [-0.2, -0.15) is 48.3 Å². The Balaban J connectivity index is 0.000000122. The second-order valence-corrected chi connectivity index (χ2v) is 30.0. The van der Waals surface area contributed by atoms with E-state index in [9.17, 15) is 17.6 Å². The number of likely N-dealkylation sites (tertiary alicyclic amines) is 1. The van der Waals surface area contributed by atoms with Gasteiger partial charge in [0.05, 0.1) is 24.2 Å². The maximum atomic E-state index is 13.8. The lowest BCUT2D eigenvalue weighted by Crippen LogP contribution is -2.44. The number of nitrogens with one attached hydrogen (secondary N) is 7. The number of aromatic nitrogens is 25. The summed E-state index contributed by atoms with van der Waals surface area (Å²) < 4.78 is 76.6. The molecule has 2 saturated heterocycles. The van der Waals surface area contributed by atoms with Crippen LogP contribution < -0.4 is 89.9 Å². The number of anilines is 20. The SMILES string of the molecule is CCN(CC)c1cc(-n2nc(Nc3ccc(F)cc3F)nc2N)ncn1.CN1CCN(c2cc(-n3nc(Nc4ccc(F)cc4F)nc3N)ncn2)CC1.COc1ccccc1Nc1nc(N)n(-c2cc(NCCN3CCCC3)ncn2)n1.Nc1nc(Nc2ccc3c(c2)OCO3)nn1-c1ccncn1.Nc1nc(Nc2cccc3c2CCC3)nn1-c1cc(Nc2ccccc2)ncn1. The highest BCUT2D eigenvalue weighted by atomic mass is 19.1. The number of para-hydroxylation sites is 3. The van der Waals surface area contributed by atoms with Crippen LogP contribution in [0.25, 0.3) is 29.1 Å². The zero-order chi connectivity index (χ0) is 93.0. The van der Waals surface area contributed by atoms with Crippen LogP contribution in [-0.4, -0.2) is 220 Å². The van der Waals surface area contributed by atoms with E-state index < -0.39 is 23.3 Å². The number of hydrogen-bond donors (Lipinski definition) is 12. The maximum absolute atomic E-state index is 13.8. The number of ether oxygens (including phenoxy) is 3. The number of nitrogen functional groups attached to an aromatic ring is 5. The van der Waals surface area contributed by atoms with E-state index in [-0.39, 0.29) is 59.8 Å². The molecule has 0 spiro atoms. The van der Waals surface area contributed by atoms with Crippen molar-refractivity contribution in [1.29, 1.82) is 0 Å². The summed E-state index contributed by atoms with van der Waals surface area (Å²) in [6.45, 7) is 13.6. The van der Waals surface area contributed by atoms with Gasteiger partial charge in [-0.15, -0.1) is 25.5 Å². The summed E-state index contributed by atoms with van der Waals surface area (Å²) in [6, 6.07) is 44.2. The first-order chi connectivity index (χ1) is 65.3. The molecular weight excluding hydrogens is 1730 g/mol. The van der Waals surface area contributed by atoms with Crippen molar-refractivity contribution in [3.63, 3.8) is 0 Å². The normalized spacial score (nSPS) is 13.0. The predicted molar refractivity (Wildman–Crippen MR) is 497 cm³/mol. The van der Waals surface area contributed by atoms with Crippen LogP contribution in [0.15, 0.2) is 196 Å². The summed E-state index contributed by atoms with van der Waals surface area (Å²) in [4.78, 5) is 71.8. The third-order valence-electron chi connectivity index (χ3n) is 21.0. The van der Waals surface area contributed by atoms with Gasteiger partial charge in [0.15, 0.2) is 40.6 Å². The molecule has 134 heavy (non-hydrogen) atoms. The van der Waals surface area contributed by atoms with Crippen LogP contribution in [-0.2, 0) is 12.8 Å². The lowest BCUT2D eigenvalue weighted by Gasteiger charge is -2.33. The molecule has 688 valence electrons. The molecule has 0 unspecified atom stereocenters. The third kappa shape index (κ3) is 22.7. The minimum Gasteiger partial charge on any atom is -0.495 e. The minimum absolute atomic E-state index is 0.0371. The van der Waals surface area contributed by atoms with Crippen molar-refractivity contribution in [2.45, 2.75) is 46.0 Å². The lowest BCUT2D eigenvalue weighted by molar-refractivity contribution is 0.174. The molecule has 16 aromatic rings. The molecule has 3 aliphatic heterocycles. The Morgan fingerprint density at radius 3 is 1.51 bits per heavy atom. The third-order valence-corrected chi connectivity index (χ3v) is 21.0. The molecule has 2 fully saturated rings. The summed E-state index contributed by atoms with van der Waals surface area (Å²) in [7, 11) is 3.69. The number of benzene rings is 6. The van der Waals surface area contributed by atoms with Crippen LogP contribution >= 0.6 is 0 Å². The van der Waals surface area contributed by atoms with E-state index in [1.807, 2.05) is 104 Å². The van der Waals surface area contributed by atoms with Crippen LogP contribution in [0.2, 0.25) is 0 Å². The topological polar surface area (TPSA) is 537 Å². The molecular formula is C86H93F4N41O3. The van der Waals surface area contributed by atoms with Crippen molar-refractivity contribution in [3.05, 3.63) is 230 Å². The number of fused-ring (bicyclic) bond motifs is 2. The zero-order valence-electron chi connectivity index (χ0n) is 72.9. The number of rotatable bonds is 26. The van der Waals surface area contributed by atoms with Gasteiger partial charge >= 0.3 is 0 Å². The van der Waals surface area contributed by atoms with Gasteiger partial charge in [0.25, 0.3) is 0 Å². The largest absolute Gasteiger partial charge is 0.495 e. The Labute approximate surface area is 763 Å². The van der Waals surface area contributed by atoms with Crippen LogP contribution in [0, 0.1) is 23.3 Å². The van der Waals surface area contributed by atoms with Crippen molar-refractivity contribution < 1.29 is 31.8 Å². The van der Waals surface area contributed by atoms with Crippen molar-refractivity contribution in [1.82, 2.24) is 133 Å². The molecule has 0 atom stereocenters. The molecule has 48 heteroatoms. The van der Waals surface area contributed by atoms with E-state index >= 15 is 0 Å². The Morgan fingerprint density at radius 1 is 0.418 bits per heavy atom. The lowest BCUT2D eigenvalue weighted by atomic mass is 10.1. The summed E-state index contributed by atoms with van der Waals surface area (Å²) >= 11 is 0. The van der Waals surface area contributed by atoms with E-state index in [4.69, 9.17) is 42.9 Å². The maximum Gasteiger partial charge on any atom is 0.249 e. The van der Waals surface area contributed by atoms with E-state index in [0.29, 0.717) is 70.0 Å². The number of nitrogens with two attached hydrogens (primary N) is 5. The Hall–Kier alpha value is -17.3. The van der Waals surface area contributed by atoms with Crippen molar-refractivity contribution in [2.24, 2.45) is 0 Å². The fourth-order valence-corrected chi connectivity index (χ4v) is 14.3. The number of nitrogens with zero attached hydrogens (tertiary/aromatic N) is 29. The smallest absolute Gasteiger partial charge is 0.249 e. The first-order valence-electron chi connectivity index (χ1n) is 42.3. The van der Waals surface area contributed by atoms with E-state index in [1.165, 1.54) is 111 Å². The molecule has 44 nitrogen and oxygen atoms in total. The molecule has 17 N–H and O–H groups in total. The van der Waals surface area contributed by atoms with Gasteiger partial charge in [0, 0.05) is 124 Å². The average molecular weight is 1820 g/mol. The molecule has 0 bridgehead atoms. The van der Waals surface area contributed by atoms with E-state index in [1.54, 1.807) is 37.6 Å². The molecule has 0 saturated carbocycles. The molecule has 0 radical (unpaired) electrons. The van der Waals surface area contributed by atoms with Gasteiger partial charge in [-0.25, -0.2) is 67.4 Å². The second-order valence-electron chi connectivity index (χ2n) is 30.0. The Bertz CT molecular complexity index is 6650. The molecule has 6 aromatic carbocycles. The van der Waals surface area contributed by atoms with Gasteiger partial charge in [0.1, 0.15) is 83.9 Å². The van der Waals surface area contributed by atoms with Gasteiger partial charge in [-0.05, 0) is 144 Å². The minimum atomic E-state index is -0.759. The summed E-state index contributed by atoms with van der Waals surface area (Å²) in [5.74, 6) is 6.73. The first-order valence-corrected chi connectivity index (χ1v) is 42.3. The standard InChI is InChI=1S/C21H20N8.C19H25N9O.C17H19F2N9.C16H18F2N8.C13H11N7O2/c22-20-27-21(26-17-11-5-7-14-6-4-10-16(14)17)28-29(20)19-12-18(23-13-24-19)25-15-8-2-1-3-9-15;1-29-15-7-3-2-6-14(15)24-19-25-18(20)28(26-19)17-12-16(22-13-23-17)21-8-11-27-9-4-5-10-27;1-26-4-6-27(7-5-26)14-9-15(22-10-21-14)28-16(20)24-17(25-28)23-13-3-2-11(18)8-12(13)19;1-3-25(4-2)13-8-14(21-9-20-13)26-15(19)23-16(24-26)22-12-6-5-10(17)7-11(12)18;14-12-18-13(19-20(12)11-3-4-15-6-16-11)17-8-1-2-9-10(5-8)22-7-21-9/h1-3,5,7-9,11-13H,4,6,10H2,(H,23,24,25)(H3,22,26,27,28);2-3,6-7,12-13H,4-5,8-11H2,1H3,(H,21,22,23)(H3,20,24,25,26);2-3,8-10H,4-7H2,1H3,(H3,20,23,24,25);5-9H,3-4H2,1-2H3,(H3,19,22,23,24);1-6H,7H2,(H3,14,17,18,19). The number of hydrogen-bond acceptors (Lipinski definition) is 39. The molecule has 4 aliphatic rings. The highest BCUT2D eigenvalue weighted by molar-refractivity contribution is 5.67. The van der Waals surface area contributed by atoms with E-state index in [0.717, 1.165) is 130 Å². The van der Waals surface area contributed by atoms with Crippen LogP contribution in [0.5, 0.6) is 17.2 Å². The monoisotopic (exact) mass is 1820 g/mol. The molecule has 20 rings (SSSR count). The van der Waals surface area contributed by atoms with Gasteiger partial charge < -0.3 is 99.7 Å². The molecule has 10 aromatic heterocycles. The number of likely N-dealkylation sites (N-methyl/N-ethyl adjacent to an activating group) is 1. The highest BCUT2D eigenvalue weighted by Gasteiger charge is 2.24. The quantitative estimate of drug-likeness (QED) is 0.0224. The molecule has 13 heterocycles. The van der Waals surface area contributed by atoms with Crippen LogP contribution in [0.4, 0.5) is 134 Å². The Morgan fingerprint density at radius 2 is 0.925 bits per heavy atom. The summed E-state index contributed by atoms with van der Waals surface area (Å²) in [5.41, 5.74) is 36.2. The number of methoxy groups -OCH3 is 1. The van der Waals surface area contributed by atoms with Crippen molar-refractivity contribution in [3.8, 4) is 46.3 Å². The number of halogens is 4. The first kappa shape index (κ1) is 90.0. The summed E-state index contributed by atoms with van der Waals surface area (Å²) in [6.07, 6.45) is 14.8. The number of piperazine rings is 1.